The third-order valence-corrected chi connectivity index (χ3v) is 16.5. The maximum absolute atomic E-state index is 13.7. The summed E-state index contributed by atoms with van der Waals surface area (Å²) in [5, 5.41) is 32.1. The van der Waals surface area contributed by atoms with Gasteiger partial charge >= 0.3 is 3.41 Å². The molecule has 0 aromatic rings. The van der Waals surface area contributed by atoms with E-state index >= 15 is 0 Å². The van der Waals surface area contributed by atoms with Gasteiger partial charge < -0.3 is 0 Å². The van der Waals surface area contributed by atoms with Gasteiger partial charge in [-0.05, 0) is 32.6 Å². The molecular weight excluding hydrogens is 597 g/mol. The molecular formula is C19H32N8O8S4. The summed E-state index contributed by atoms with van der Waals surface area (Å²) in [5.41, 5.74) is 0. The maximum atomic E-state index is 13.7. The van der Waals surface area contributed by atoms with Crippen LogP contribution < -0.4 is 18.9 Å². The summed E-state index contributed by atoms with van der Waals surface area (Å²) in [4.78, 5) is 0. The van der Waals surface area contributed by atoms with E-state index in [4.69, 9.17) is 21.0 Å². The van der Waals surface area contributed by atoms with Crippen LogP contribution in [-0.2, 0) is 40.1 Å². The van der Waals surface area contributed by atoms with E-state index in [2.05, 4.69) is 0 Å². The van der Waals surface area contributed by atoms with E-state index in [9.17, 15) is 33.7 Å². The number of hydrogen-bond donors (Lipinski definition) is 4. The molecule has 20 heteroatoms. The second-order valence-corrected chi connectivity index (χ2v) is 16.6. The molecule has 220 valence electrons. The molecule has 0 saturated heterocycles. The van der Waals surface area contributed by atoms with Crippen molar-refractivity contribution in [1.29, 1.82) is 21.0 Å². The van der Waals surface area contributed by atoms with Gasteiger partial charge in [-0.1, -0.05) is 0 Å². The van der Waals surface area contributed by atoms with Crippen molar-refractivity contribution in [2.24, 2.45) is 0 Å². The van der Waals surface area contributed by atoms with E-state index in [0.717, 1.165) is 0 Å². The van der Waals surface area contributed by atoms with Crippen molar-refractivity contribution in [3.05, 3.63) is 0 Å². The molecule has 0 fully saturated rings. The minimum absolute atomic E-state index is 0.0348. The standard InChI is InChI=1S/C19H32N8O8S4/c1-18(36(28,29)24-14-6-2-10-20)19(37(30,31)25-15-7-3-11-21,38(32,33)26-16-8-4-12-22)39(34,35)27-17-9-5-13-23/h18,24-27H,2-9,14-17H2,1H3. The van der Waals surface area contributed by atoms with Crippen LogP contribution in [0.15, 0.2) is 0 Å². The molecule has 0 aromatic heterocycles. The van der Waals surface area contributed by atoms with Crippen LogP contribution in [0.1, 0.15) is 58.3 Å². The highest BCUT2D eigenvalue weighted by Crippen LogP contribution is 2.37. The Balaban J connectivity index is 7.23. The molecule has 0 bridgehead atoms. The normalized spacial score (nSPS) is 13.5. The number of nitriles is 4. The Morgan fingerprint density at radius 2 is 0.795 bits per heavy atom. The predicted molar refractivity (Wildman–Crippen MR) is 139 cm³/mol. The quantitative estimate of drug-likeness (QED) is 0.110. The molecule has 0 aliphatic rings. The molecule has 16 nitrogen and oxygen atoms in total. The summed E-state index contributed by atoms with van der Waals surface area (Å²) in [6.07, 6.45) is -1.11. The van der Waals surface area contributed by atoms with Crippen LogP contribution in [0, 0.1) is 45.3 Å². The highest BCUT2D eigenvalue weighted by Gasteiger charge is 2.71. The highest BCUT2D eigenvalue weighted by molar-refractivity contribution is 8.25. The van der Waals surface area contributed by atoms with E-state index in [1.807, 2.05) is 18.9 Å². The molecule has 0 aliphatic heterocycles. The first-order valence-electron chi connectivity index (χ1n) is 11.6. The molecule has 0 aliphatic carbocycles. The molecule has 0 radical (unpaired) electrons. The van der Waals surface area contributed by atoms with Gasteiger partial charge in [0, 0.05) is 51.9 Å². The van der Waals surface area contributed by atoms with Gasteiger partial charge in [-0.3, -0.25) is 0 Å². The zero-order chi connectivity index (χ0) is 30.2. The zero-order valence-corrected chi connectivity index (χ0v) is 24.5. The lowest BCUT2D eigenvalue weighted by atomic mass is 10.3. The van der Waals surface area contributed by atoms with Gasteiger partial charge in [0.2, 0.25) is 10.0 Å². The van der Waals surface area contributed by atoms with Crippen molar-refractivity contribution in [3.8, 4) is 24.3 Å². The molecule has 0 saturated carbocycles. The van der Waals surface area contributed by atoms with Gasteiger partial charge in [0.05, 0.1) is 24.3 Å². The molecule has 1 unspecified atom stereocenters. The number of nitrogens with one attached hydrogen (secondary N) is 4. The van der Waals surface area contributed by atoms with Crippen molar-refractivity contribution in [1.82, 2.24) is 18.9 Å². The molecule has 0 amide bonds. The lowest BCUT2D eigenvalue weighted by molar-refractivity contribution is 0.513. The first kappa shape index (κ1) is 36.6. The fraction of sp³-hybridized carbons (Fsp3) is 0.789. The van der Waals surface area contributed by atoms with E-state index < -0.39 is 74.9 Å². The molecule has 0 rings (SSSR count). The smallest absolute Gasteiger partial charge is 0.215 e. The van der Waals surface area contributed by atoms with E-state index in [0.29, 0.717) is 6.92 Å². The Hall–Kier alpha value is -2.40. The summed E-state index contributed by atoms with van der Waals surface area (Å²) < 4.78 is 112. The van der Waals surface area contributed by atoms with Crippen LogP contribution in [0.25, 0.3) is 0 Å². The van der Waals surface area contributed by atoms with Gasteiger partial charge in [-0.25, -0.2) is 52.6 Å². The maximum Gasteiger partial charge on any atom is 0.330 e. The lowest BCUT2D eigenvalue weighted by Crippen LogP contribution is -2.70. The van der Waals surface area contributed by atoms with Gasteiger partial charge in [-0.15, -0.1) is 0 Å². The topological polar surface area (TPSA) is 280 Å². The summed E-state index contributed by atoms with van der Waals surface area (Å²) in [5.74, 6) is 0. The van der Waals surface area contributed by atoms with Gasteiger partial charge in [0.1, 0.15) is 5.25 Å². The van der Waals surface area contributed by atoms with Crippen LogP contribution in [0.5, 0.6) is 0 Å². The fourth-order valence-electron chi connectivity index (χ4n) is 3.21. The van der Waals surface area contributed by atoms with Crippen molar-refractivity contribution >= 4 is 40.1 Å². The van der Waals surface area contributed by atoms with Gasteiger partial charge in [0.15, 0.2) is 0 Å². The first-order chi connectivity index (χ1) is 18.1. The average Bonchev–Trinajstić information content (AvgIpc) is 2.85. The molecule has 0 spiro atoms. The highest BCUT2D eigenvalue weighted by atomic mass is 32.3. The molecule has 0 aromatic carbocycles. The number of unbranched alkanes of at least 4 members (excludes halogenated alkanes) is 4. The van der Waals surface area contributed by atoms with Gasteiger partial charge in [-0.2, -0.15) is 21.0 Å². The Labute approximate surface area is 230 Å². The summed E-state index contributed by atoms with van der Waals surface area (Å²) in [7, 11) is -22.0. The average molecular weight is 629 g/mol. The van der Waals surface area contributed by atoms with Crippen molar-refractivity contribution < 1.29 is 33.7 Å². The number of rotatable bonds is 21. The number of nitrogens with zero attached hydrogens (tertiary/aromatic N) is 4. The third kappa shape index (κ3) is 9.63. The van der Waals surface area contributed by atoms with Crippen LogP contribution in [0.4, 0.5) is 0 Å². The number of hydrogen-bond acceptors (Lipinski definition) is 12. The second kappa shape index (κ2) is 16.6. The van der Waals surface area contributed by atoms with Crippen LogP contribution in [0.2, 0.25) is 0 Å². The van der Waals surface area contributed by atoms with Crippen molar-refractivity contribution in [2.75, 3.05) is 26.2 Å². The van der Waals surface area contributed by atoms with Crippen LogP contribution in [-0.4, -0.2) is 68.5 Å². The fourth-order valence-corrected chi connectivity index (χ4v) is 14.2. The Bertz CT molecular complexity index is 1270. The Morgan fingerprint density at radius 1 is 0.538 bits per heavy atom. The molecule has 39 heavy (non-hydrogen) atoms. The molecule has 1 atom stereocenters. The van der Waals surface area contributed by atoms with Crippen LogP contribution >= 0.6 is 0 Å². The monoisotopic (exact) mass is 628 g/mol. The van der Waals surface area contributed by atoms with Crippen molar-refractivity contribution in [2.45, 2.75) is 67.0 Å². The zero-order valence-electron chi connectivity index (χ0n) is 21.3. The van der Waals surface area contributed by atoms with Crippen LogP contribution in [0.3, 0.4) is 0 Å². The summed E-state index contributed by atoms with van der Waals surface area (Å²) >= 11 is 0. The van der Waals surface area contributed by atoms with E-state index in [1.165, 1.54) is 0 Å². The van der Waals surface area contributed by atoms with E-state index in [-0.39, 0.29) is 51.4 Å². The van der Waals surface area contributed by atoms with E-state index in [1.54, 1.807) is 24.3 Å². The summed E-state index contributed by atoms with van der Waals surface area (Å²) in [6.45, 7) is -1.59. The third-order valence-electron chi connectivity index (χ3n) is 5.13. The predicted octanol–water partition coefficient (Wildman–Crippen LogP) is -1.08. The minimum atomic E-state index is -5.64. The lowest BCUT2D eigenvalue weighted by Gasteiger charge is -2.36. The summed E-state index contributed by atoms with van der Waals surface area (Å²) in [6, 6.07) is 6.97. The SMILES string of the molecule is CC(C(S(=O)(=O)NCCCC#N)(S(=O)(=O)NCCCC#N)S(=O)(=O)NCCCC#N)S(=O)(=O)NCCCC#N. The second-order valence-electron chi connectivity index (χ2n) is 7.93. The largest absolute Gasteiger partial charge is 0.330 e. The van der Waals surface area contributed by atoms with Crippen molar-refractivity contribution in [3.63, 3.8) is 0 Å². The molecule has 0 heterocycles. The number of sulfonamides is 4. The van der Waals surface area contributed by atoms with Gasteiger partial charge in [0.25, 0.3) is 30.1 Å². The molecule has 4 N–H and O–H groups in total. The first-order valence-corrected chi connectivity index (χ1v) is 17.6. The Morgan fingerprint density at radius 3 is 1.05 bits per heavy atom. The Kier molecular flexibility index (Phi) is 15.6. The minimum Gasteiger partial charge on any atom is -0.215 e.